The maximum absolute atomic E-state index is 10.9. The fraction of sp³-hybridized carbons (Fsp3) is 0.111. The molecule has 3 rings (SSSR count). The SMILES string of the molecule is CNc1ccc(C)c(-c2cncc(-c3cc(C=O)ncn3)c2)c1. The third-order valence-electron chi connectivity index (χ3n) is 3.68. The lowest BCUT2D eigenvalue weighted by Gasteiger charge is -2.10. The van der Waals surface area contributed by atoms with E-state index < -0.39 is 0 Å². The van der Waals surface area contributed by atoms with Crippen LogP contribution in [0.2, 0.25) is 0 Å². The molecule has 0 spiro atoms. The molecule has 0 aliphatic carbocycles. The predicted octanol–water partition coefficient (Wildman–Crippen LogP) is 3.37. The van der Waals surface area contributed by atoms with E-state index in [1.54, 1.807) is 12.3 Å². The molecule has 1 N–H and O–H groups in total. The Morgan fingerprint density at radius 1 is 1.04 bits per heavy atom. The number of aromatic nitrogens is 3. The van der Waals surface area contributed by atoms with E-state index in [1.165, 1.54) is 11.9 Å². The second-order valence-corrected chi connectivity index (χ2v) is 5.19. The van der Waals surface area contributed by atoms with E-state index >= 15 is 0 Å². The zero-order chi connectivity index (χ0) is 16.2. The Hall–Kier alpha value is -3.08. The maximum atomic E-state index is 10.9. The number of rotatable bonds is 4. The smallest absolute Gasteiger partial charge is 0.168 e. The summed E-state index contributed by atoms with van der Waals surface area (Å²) in [5.74, 6) is 0. The van der Waals surface area contributed by atoms with Crippen molar-refractivity contribution >= 4 is 12.0 Å². The normalized spacial score (nSPS) is 10.3. The summed E-state index contributed by atoms with van der Waals surface area (Å²) in [5, 5.41) is 3.15. The van der Waals surface area contributed by atoms with Crippen molar-refractivity contribution in [2.45, 2.75) is 6.92 Å². The lowest BCUT2D eigenvalue weighted by atomic mass is 9.99. The first-order valence-corrected chi connectivity index (χ1v) is 7.22. The lowest BCUT2D eigenvalue weighted by molar-refractivity contribution is 0.111. The molecule has 1 aromatic carbocycles. The minimum absolute atomic E-state index is 0.355. The van der Waals surface area contributed by atoms with Crippen molar-refractivity contribution in [2.24, 2.45) is 0 Å². The van der Waals surface area contributed by atoms with Crippen LogP contribution in [-0.2, 0) is 0 Å². The van der Waals surface area contributed by atoms with Crippen LogP contribution >= 0.6 is 0 Å². The van der Waals surface area contributed by atoms with E-state index in [9.17, 15) is 4.79 Å². The number of hydrogen-bond donors (Lipinski definition) is 1. The van der Waals surface area contributed by atoms with E-state index in [4.69, 9.17) is 0 Å². The van der Waals surface area contributed by atoms with Crippen molar-refractivity contribution in [1.82, 2.24) is 15.0 Å². The molecule has 0 saturated heterocycles. The van der Waals surface area contributed by atoms with Gasteiger partial charge in [-0.25, -0.2) is 9.97 Å². The fourth-order valence-corrected chi connectivity index (χ4v) is 2.41. The van der Waals surface area contributed by atoms with E-state index in [0.29, 0.717) is 17.7 Å². The van der Waals surface area contributed by atoms with Crippen LogP contribution in [0.3, 0.4) is 0 Å². The number of carbonyl (C=O) groups excluding carboxylic acids is 1. The summed E-state index contributed by atoms with van der Waals surface area (Å²) in [6, 6.07) is 9.88. The molecule has 0 unspecified atom stereocenters. The first-order chi connectivity index (χ1) is 11.2. The summed E-state index contributed by atoms with van der Waals surface area (Å²) in [4.78, 5) is 23.3. The largest absolute Gasteiger partial charge is 0.388 e. The molecule has 2 aromatic heterocycles. The Morgan fingerprint density at radius 3 is 2.65 bits per heavy atom. The Labute approximate surface area is 134 Å². The molecule has 5 heteroatoms. The third kappa shape index (κ3) is 3.08. The molecular formula is C18H16N4O. The lowest BCUT2D eigenvalue weighted by Crippen LogP contribution is -1.94. The Kier molecular flexibility index (Phi) is 4.10. The number of nitrogens with zero attached hydrogens (tertiary/aromatic N) is 3. The first-order valence-electron chi connectivity index (χ1n) is 7.22. The summed E-state index contributed by atoms with van der Waals surface area (Å²) in [6.07, 6.45) is 5.66. The second-order valence-electron chi connectivity index (χ2n) is 5.19. The van der Waals surface area contributed by atoms with Crippen LogP contribution in [0.25, 0.3) is 22.4 Å². The molecule has 0 aliphatic rings. The van der Waals surface area contributed by atoms with Crippen LogP contribution < -0.4 is 5.32 Å². The Balaban J connectivity index is 2.08. The van der Waals surface area contributed by atoms with E-state index in [-0.39, 0.29) is 0 Å². The van der Waals surface area contributed by atoms with Crippen LogP contribution in [0.4, 0.5) is 5.69 Å². The van der Waals surface area contributed by atoms with Gasteiger partial charge < -0.3 is 5.32 Å². The Bertz CT molecular complexity index is 861. The summed E-state index contributed by atoms with van der Waals surface area (Å²) >= 11 is 0. The molecular weight excluding hydrogens is 288 g/mol. The minimum Gasteiger partial charge on any atom is -0.388 e. The molecule has 0 saturated carbocycles. The zero-order valence-electron chi connectivity index (χ0n) is 12.9. The molecule has 5 nitrogen and oxygen atoms in total. The topological polar surface area (TPSA) is 67.8 Å². The second kappa shape index (κ2) is 6.36. The van der Waals surface area contributed by atoms with Crippen molar-refractivity contribution in [3.8, 4) is 22.4 Å². The van der Waals surface area contributed by atoms with Gasteiger partial charge in [0.2, 0.25) is 0 Å². The summed E-state index contributed by atoms with van der Waals surface area (Å²) in [7, 11) is 1.89. The highest BCUT2D eigenvalue weighted by Crippen LogP contribution is 2.28. The van der Waals surface area contributed by atoms with Gasteiger partial charge in [0.1, 0.15) is 12.0 Å². The van der Waals surface area contributed by atoms with Crippen LogP contribution in [-0.4, -0.2) is 28.3 Å². The highest BCUT2D eigenvalue weighted by atomic mass is 16.1. The summed E-state index contributed by atoms with van der Waals surface area (Å²) in [6.45, 7) is 2.07. The number of anilines is 1. The molecule has 0 radical (unpaired) electrons. The summed E-state index contributed by atoms with van der Waals surface area (Å²) < 4.78 is 0. The fourth-order valence-electron chi connectivity index (χ4n) is 2.41. The van der Waals surface area contributed by atoms with Crippen LogP contribution in [0.5, 0.6) is 0 Å². The highest BCUT2D eigenvalue weighted by Gasteiger charge is 2.07. The quantitative estimate of drug-likeness (QED) is 0.748. The monoisotopic (exact) mass is 304 g/mol. The van der Waals surface area contributed by atoms with Gasteiger partial charge in [0.15, 0.2) is 6.29 Å². The van der Waals surface area contributed by atoms with Gasteiger partial charge in [0.25, 0.3) is 0 Å². The van der Waals surface area contributed by atoms with Gasteiger partial charge in [-0.2, -0.15) is 0 Å². The maximum Gasteiger partial charge on any atom is 0.168 e. The van der Waals surface area contributed by atoms with Crippen molar-refractivity contribution in [1.29, 1.82) is 0 Å². The van der Waals surface area contributed by atoms with Crippen LogP contribution in [0.15, 0.2) is 49.1 Å². The van der Waals surface area contributed by atoms with E-state index in [1.807, 2.05) is 25.4 Å². The number of benzene rings is 1. The molecule has 0 bridgehead atoms. The van der Waals surface area contributed by atoms with Gasteiger partial charge in [0, 0.05) is 36.3 Å². The predicted molar refractivity (Wildman–Crippen MR) is 90.4 cm³/mol. The number of pyridine rings is 1. The minimum atomic E-state index is 0.355. The Morgan fingerprint density at radius 2 is 1.87 bits per heavy atom. The van der Waals surface area contributed by atoms with Gasteiger partial charge in [-0.15, -0.1) is 0 Å². The van der Waals surface area contributed by atoms with Gasteiger partial charge in [-0.3, -0.25) is 9.78 Å². The van der Waals surface area contributed by atoms with Crippen molar-refractivity contribution in [3.63, 3.8) is 0 Å². The number of nitrogens with one attached hydrogen (secondary N) is 1. The van der Waals surface area contributed by atoms with Gasteiger partial charge in [-0.1, -0.05) is 6.07 Å². The average molecular weight is 304 g/mol. The van der Waals surface area contributed by atoms with E-state index in [0.717, 1.165) is 22.4 Å². The van der Waals surface area contributed by atoms with Crippen LogP contribution in [0.1, 0.15) is 16.1 Å². The molecule has 0 aliphatic heterocycles. The summed E-state index contributed by atoms with van der Waals surface area (Å²) in [5.41, 5.74) is 6.20. The van der Waals surface area contributed by atoms with Gasteiger partial charge in [0.05, 0.1) is 5.69 Å². The zero-order valence-corrected chi connectivity index (χ0v) is 12.9. The molecule has 0 fully saturated rings. The molecule has 2 heterocycles. The van der Waals surface area contributed by atoms with E-state index in [2.05, 4.69) is 39.3 Å². The number of hydrogen-bond acceptors (Lipinski definition) is 5. The highest BCUT2D eigenvalue weighted by molar-refractivity contribution is 5.77. The molecule has 3 aromatic rings. The molecule has 0 atom stereocenters. The molecule has 0 amide bonds. The van der Waals surface area contributed by atoms with Crippen molar-refractivity contribution in [2.75, 3.05) is 12.4 Å². The molecule has 23 heavy (non-hydrogen) atoms. The first kappa shape index (κ1) is 14.8. The number of aldehydes is 1. The number of carbonyl (C=O) groups is 1. The van der Waals surface area contributed by atoms with Gasteiger partial charge in [-0.05, 0) is 42.3 Å². The van der Waals surface area contributed by atoms with Crippen LogP contribution in [0, 0.1) is 6.92 Å². The third-order valence-corrected chi connectivity index (χ3v) is 3.68. The molecule has 114 valence electrons. The van der Waals surface area contributed by atoms with Crippen molar-refractivity contribution < 1.29 is 4.79 Å². The number of aryl methyl sites for hydroxylation is 1. The average Bonchev–Trinajstić information content (AvgIpc) is 2.62. The van der Waals surface area contributed by atoms with Gasteiger partial charge >= 0.3 is 0 Å². The van der Waals surface area contributed by atoms with Crippen molar-refractivity contribution in [3.05, 3.63) is 60.3 Å². The standard InChI is InChI=1S/C18H16N4O/c1-12-3-4-15(19-2)6-17(12)13-5-14(9-20-8-13)18-7-16(10-23)21-11-22-18/h3-11,19H,1-2H3.